The second-order valence-corrected chi connectivity index (χ2v) is 7.25. The lowest BCUT2D eigenvalue weighted by Gasteiger charge is -2.28. The van der Waals surface area contributed by atoms with E-state index in [0.29, 0.717) is 11.7 Å². The number of thiocarbonyl (C=S) groups is 1. The first kappa shape index (κ1) is 17.6. The Bertz CT molecular complexity index is 1000. The predicted octanol–water partition coefficient (Wildman–Crippen LogP) is 3.41. The summed E-state index contributed by atoms with van der Waals surface area (Å²) in [6.45, 7) is 4.02. The molecule has 0 bridgehead atoms. The first-order valence-electron chi connectivity index (χ1n) is 8.72. The Morgan fingerprint density at radius 2 is 1.85 bits per heavy atom. The van der Waals surface area contributed by atoms with Crippen LogP contribution in [0.3, 0.4) is 0 Å². The highest BCUT2D eigenvalue weighted by molar-refractivity contribution is 7.80. The van der Waals surface area contributed by atoms with Crippen LogP contribution in [0.1, 0.15) is 35.8 Å². The molecule has 2 fully saturated rings. The highest BCUT2D eigenvalue weighted by Crippen LogP contribution is 2.38. The van der Waals surface area contributed by atoms with Gasteiger partial charge in [0.15, 0.2) is 5.11 Å². The summed E-state index contributed by atoms with van der Waals surface area (Å²) in [5.74, 6) is -1.47. The van der Waals surface area contributed by atoms with Crippen molar-refractivity contribution in [3.8, 4) is 0 Å². The van der Waals surface area contributed by atoms with E-state index in [-0.39, 0.29) is 10.7 Å². The molecular weight excluding hydrogens is 365 g/mol. The predicted molar refractivity (Wildman–Crippen MR) is 105 cm³/mol. The average molecular weight is 383 g/mol. The number of anilines is 1. The molecule has 2 amide bonds. The van der Waals surface area contributed by atoms with E-state index in [1.807, 2.05) is 19.9 Å². The number of nitrogens with one attached hydrogen (secondary N) is 1. The lowest BCUT2D eigenvalue weighted by molar-refractivity contribution is -0.122. The van der Waals surface area contributed by atoms with Gasteiger partial charge in [0.05, 0.1) is 5.69 Å². The SMILES string of the molecule is Cc1cc(C=C2C(=O)NC(=S)N(c3ccc(F)cc3)C2=O)c(C)n1C1CC1. The standard InChI is InChI=1S/C20H18FN3O2S/c1-11-9-13(12(2)23(11)15-7-8-15)10-17-18(25)22-20(27)24(19(17)26)16-5-3-14(21)4-6-16/h3-6,9-10,15H,7-8H2,1-2H3,(H,22,25,27). The molecule has 7 heteroatoms. The molecule has 0 radical (unpaired) electrons. The van der Waals surface area contributed by atoms with Gasteiger partial charge in [0.2, 0.25) is 0 Å². The second-order valence-electron chi connectivity index (χ2n) is 6.86. The molecule has 0 unspecified atom stereocenters. The van der Waals surface area contributed by atoms with Crippen molar-refractivity contribution >= 4 is 40.9 Å². The van der Waals surface area contributed by atoms with Gasteiger partial charge in [-0.2, -0.15) is 0 Å². The summed E-state index contributed by atoms with van der Waals surface area (Å²) in [7, 11) is 0. The Morgan fingerprint density at radius 1 is 1.19 bits per heavy atom. The number of rotatable bonds is 3. The Hall–Kier alpha value is -2.80. The van der Waals surface area contributed by atoms with Crippen molar-refractivity contribution in [2.24, 2.45) is 0 Å². The van der Waals surface area contributed by atoms with E-state index in [9.17, 15) is 14.0 Å². The molecule has 0 atom stereocenters. The van der Waals surface area contributed by atoms with E-state index in [0.717, 1.165) is 29.8 Å². The van der Waals surface area contributed by atoms with Crippen LogP contribution in [0.5, 0.6) is 0 Å². The third-order valence-electron chi connectivity index (χ3n) is 4.92. The van der Waals surface area contributed by atoms with Gasteiger partial charge < -0.3 is 4.57 Å². The van der Waals surface area contributed by atoms with Crippen LogP contribution in [0.15, 0.2) is 35.9 Å². The second kappa shape index (κ2) is 6.42. The number of nitrogens with zero attached hydrogens (tertiary/aromatic N) is 2. The van der Waals surface area contributed by atoms with Gasteiger partial charge in [0, 0.05) is 17.4 Å². The van der Waals surface area contributed by atoms with Gasteiger partial charge in [-0.05, 0) is 80.9 Å². The zero-order chi connectivity index (χ0) is 19.3. The van der Waals surface area contributed by atoms with E-state index in [2.05, 4.69) is 9.88 Å². The van der Waals surface area contributed by atoms with Gasteiger partial charge in [0.25, 0.3) is 11.8 Å². The van der Waals surface area contributed by atoms with Crippen molar-refractivity contribution in [2.45, 2.75) is 32.7 Å². The summed E-state index contributed by atoms with van der Waals surface area (Å²) in [6.07, 6.45) is 3.91. The molecule has 1 aromatic heterocycles. The maximum atomic E-state index is 13.2. The molecule has 2 aromatic rings. The van der Waals surface area contributed by atoms with Crippen molar-refractivity contribution in [3.63, 3.8) is 0 Å². The van der Waals surface area contributed by atoms with E-state index in [4.69, 9.17) is 12.2 Å². The quantitative estimate of drug-likeness (QED) is 0.502. The fourth-order valence-corrected chi connectivity index (χ4v) is 3.76. The molecule has 0 spiro atoms. The van der Waals surface area contributed by atoms with Gasteiger partial charge in [0.1, 0.15) is 11.4 Å². The van der Waals surface area contributed by atoms with Crippen LogP contribution < -0.4 is 10.2 Å². The largest absolute Gasteiger partial charge is 0.346 e. The summed E-state index contributed by atoms with van der Waals surface area (Å²) in [4.78, 5) is 26.6. The fourth-order valence-electron chi connectivity index (χ4n) is 3.48. The van der Waals surface area contributed by atoms with Crippen molar-refractivity contribution in [3.05, 3.63) is 58.7 Å². The minimum atomic E-state index is -0.528. The molecule has 138 valence electrons. The fraction of sp³-hybridized carbons (Fsp3) is 0.250. The maximum absolute atomic E-state index is 13.2. The van der Waals surface area contributed by atoms with Gasteiger partial charge in [-0.15, -0.1) is 0 Å². The van der Waals surface area contributed by atoms with Gasteiger partial charge in [-0.25, -0.2) is 4.39 Å². The number of halogens is 1. The Kier molecular flexibility index (Phi) is 4.19. The number of hydrogen-bond acceptors (Lipinski definition) is 3. The van der Waals surface area contributed by atoms with Crippen molar-refractivity contribution < 1.29 is 14.0 Å². The molecule has 1 saturated heterocycles. The molecule has 5 nitrogen and oxygen atoms in total. The number of aromatic nitrogens is 1. The molecule has 2 heterocycles. The summed E-state index contributed by atoms with van der Waals surface area (Å²) in [5.41, 5.74) is 3.38. The molecule has 2 aliphatic rings. The van der Waals surface area contributed by atoms with E-state index in [1.165, 1.54) is 29.2 Å². The molecule has 1 saturated carbocycles. The minimum Gasteiger partial charge on any atom is -0.346 e. The Labute approximate surface area is 161 Å². The summed E-state index contributed by atoms with van der Waals surface area (Å²) >= 11 is 5.15. The van der Waals surface area contributed by atoms with Gasteiger partial charge in [-0.1, -0.05) is 0 Å². The van der Waals surface area contributed by atoms with Gasteiger partial charge >= 0.3 is 0 Å². The summed E-state index contributed by atoms with van der Waals surface area (Å²) < 4.78 is 15.5. The Morgan fingerprint density at radius 3 is 2.48 bits per heavy atom. The highest BCUT2D eigenvalue weighted by Gasteiger charge is 2.35. The lowest BCUT2D eigenvalue weighted by atomic mass is 10.1. The zero-order valence-corrected chi connectivity index (χ0v) is 15.8. The smallest absolute Gasteiger partial charge is 0.270 e. The van der Waals surface area contributed by atoms with Crippen LogP contribution in [0.2, 0.25) is 0 Å². The molecule has 4 rings (SSSR count). The monoisotopic (exact) mass is 383 g/mol. The normalized spacial score (nSPS) is 19.0. The summed E-state index contributed by atoms with van der Waals surface area (Å²) in [6, 6.07) is 7.89. The third kappa shape index (κ3) is 3.08. The van der Waals surface area contributed by atoms with Crippen LogP contribution >= 0.6 is 12.2 Å². The highest BCUT2D eigenvalue weighted by atomic mass is 32.1. The zero-order valence-electron chi connectivity index (χ0n) is 15.0. The van der Waals surface area contributed by atoms with Crippen LogP contribution in [-0.2, 0) is 9.59 Å². The first-order chi connectivity index (χ1) is 12.9. The molecule has 1 aliphatic heterocycles. The average Bonchev–Trinajstić information content (AvgIpc) is 3.39. The van der Waals surface area contributed by atoms with E-state index in [1.54, 1.807) is 6.08 Å². The van der Waals surface area contributed by atoms with Crippen molar-refractivity contribution in [1.29, 1.82) is 0 Å². The number of hydrogen-bond donors (Lipinski definition) is 1. The molecule has 1 aromatic carbocycles. The third-order valence-corrected chi connectivity index (χ3v) is 5.21. The number of amides is 2. The molecule has 1 N–H and O–H groups in total. The van der Waals surface area contributed by atoms with Crippen molar-refractivity contribution in [1.82, 2.24) is 9.88 Å². The van der Waals surface area contributed by atoms with E-state index >= 15 is 0 Å². The van der Waals surface area contributed by atoms with Crippen LogP contribution in [0.25, 0.3) is 6.08 Å². The lowest BCUT2D eigenvalue weighted by Crippen LogP contribution is -2.54. The number of carbonyl (C=O) groups is 2. The number of aryl methyl sites for hydroxylation is 1. The topological polar surface area (TPSA) is 54.3 Å². The summed E-state index contributed by atoms with van der Waals surface area (Å²) in [5, 5.41) is 2.53. The number of benzene rings is 1. The minimum absolute atomic E-state index is 0.00368. The van der Waals surface area contributed by atoms with E-state index < -0.39 is 17.6 Å². The maximum Gasteiger partial charge on any atom is 0.270 e. The Balaban J connectivity index is 1.73. The van der Waals surface area contributed by atoms with Crippen LogP contribution in [0, 0.1) is 19.7 Å². The van der Waals surface area contributed by atoms with Crippen LogP contribution in [-0.4, -0.2) is 21.5 Å². The van der Waals surface area contributed by atoms with Crippen LogP contribution in [0.4, 0.5) is 10.1 Å². The molecular formula is C20H18FN3O2S. The molecule has 27 heavy (non-hydrogen) atoms. The number of carbonyl (C=O) groups excluding carboxylic acids is 2. The first-order valence-corrected chi connectivity index (χ1v) is 9.13. The van der Waals surface area contributed by atoms with Crippen molar-refractivity contribution in [2.75, 3.05) is 4.90 Å². The van der Waals surface area contributed by atoms with Gasteiger partial charge in [-0.3, -0.25) is 19.8 Å². The molecule has 1 aliphatic carbocycles.